The Bertz CT molecular complexity index is 260. The van der Waals surface area contributed by atoms with Crippen molar-refractivity contribution >= 4 is 5.84 Å². The fourth-order valence-corrected chi connectivity index (χ4v) is 1.35. The third-order valence-electron chi connectivity index (χ3n) is 3.40. The van der Waals surface area contributed by atoms with Crippen molar-refractivity contribution in [1.29, 1.82) is 0 Å². The Labute approximate surface area is 104 Å². The molecule has 0 aliphatic heterocycles. The van der Waals surface area contributed by atoms with Gasteiger partial charge in [0, 0.05) is 11.0 Å². The standard InChI is InChI=1S/C12H27N3O2/c1-9(16)12(4,5)14-8-6-7-11(2,3)10(13)15-17/h9,14,16-17H,6-8H2,1-5H3,(H2,13,15). The van der Waals surface area contributed by atoms with Crippen LogP contribution in [0.3, 0.4) is 0 Å². The van der Waals surface area contributed by atoms with Crippen molar-refractivity contribution in [2.45, 2.75) is 59.1 Å². The molecule has 5 heteroatoms. The van der Waals surface area contributed by atoms with Crippen molar-refractivity contribution in [3.8, 4) is 0 Å². The fraction of sp³-hybridized carbons (Fsp3) is 0.917. The normalized spacial score (nSPS) is 16.0. The minimum Gasteiger partial charge on any atom is -0.409 e. The maximum Gasteiger partial charge on any atom is 0.144 e. The summed E-state index contributed by atoms with van der Waals surface area (Å²) in [5, 5.41) is 24.5. The molecule has 0 bridgehead atoms. The first kappa shape index (κ1) is 16.2. The number of nitrogens with one attached hydrogen (secondary N) is 1. The molecular formula is C12H27N3O2. The molecule has 17 heavy (non-hydrogen) atoms. The smallest absolute Gasteiger partial charge is 0.144 e. The summed E-state index contributed by atoms with van der Waals surface area (Å²) in [6.07, 6.45) is 1.32. The number of nitrogens with two attached hydrogens (primary N) is 1. The average molecular weight is 245 g/mol. The molecule has 5 nitrogen and oxygen atoms in total. The molecule has 0 spiro atoms. The lowest BCUT2D eigenvalue weighted by Gasteiger charge is -2.30. The molecule has 0 radical (unpaired) electrons. The van der Waals surface area contributed by atoms with Gasteiger partial charge in [-0.1, -0.05) is 19.0 Å². The van der Waals surface area contributed by atoms with E-state index in [0.717, 1.165) is 19.4 Å². The molecule has 0 aromatic rings. The van der Waals surface area contributed by atoms with Gasteiger partial charge in [-0.2, -0.15) is 0 Å². The van der Waals surface area contributed by atoms with Crippen molar-refractivity contribution in [2.75, 3.05) is 6.54 Å². The highest BCUT2D eigenvalue weighted by Gasteiger charge is 2.25. The van der Waals surface area contributed by atoms with E-state index in [4.69, 9.17) is 10.9 Å². The average Bonchev–Trinajstić information content (AvgIpc) is 2.23. The van der Waals surface area contributed by atoms with E-state index in [1.807, 2.05) is 27.7 Å². The number of hydrogen-bond acceptors (Lipinski definition) is 4. The summed E-state index contributed by atoms with van der Waals surface area (Å²) in [5.41, 5.74) is 5.02. The molecule has 0 saturated carbocycles. The summed E-state index contributed by atoms with van der Waals surface area (Å²) in [5.74, 6) is 0.257. The van der Waals surface area contributed by atoms with Gasteiger partial charge in [0.25, 0.3) is 0 Å². The van der Waals surface area contributed by atoms with Gasteiger partial charge in [-0.05, 0) is 40.2 Å². The first-order valence-corrected chi connectivity index (χ1v) is 6.04. The number of nitrogens with zero attached hydrogens (tertiary/aromatic N) is 1. The predicted octanol–water partition coefficient (Wildman–Crippen LogP) is 1.29. The van der Waals surface area contributed by atoms with Gasteiger partial charge in [-0.15, -0.1) is 0 Å². The lowest BCUT2D eigenvalue weighted by atomic mass is 9.86. The monoisotopic (exact) mass is 245 g/mol. The summed E-state index contributed by atoms with van der Waals surface area (Å²) < 4.78 is 0. The van der Waals surface area contributed by atoms with Gasteiger partial charge < -0.3 is 21.4 Å². The van der Waals surface area contributed by atoms with Gasteiger partial charge in [-0.3, -0.25) is 0 Å². The molecule has 0 rings (SSSR count). The van der Waals surface area contributed by atoms with Crippen LogP contribution in [-0.2, 0) is 0 Å². The summed E-state index contributed by atoms with van der Waals surface area (Å²) in [4.78, 5) is 0. The van der Waals surface area contributed by atoms with E-state index in [1.54, 1.807) is 6.92 Å². The van der Waals surface area contributed by atoms with Crippen LogP contribution in [0.5, 0.6) is 0 Å². The molecule has 1 atom stereocenters. The maximum absolute atomic E-state index is 9.53. The van der Waals surface area contributed by atoms with Crippen molar-refractivity contribution in [3.05, 3.63) is 0 Å². The molecule has 0 aliphatic carbocycles. The second-order valence-electron chi connectivity index (χ2n) is 5.80. The Morgan fingerprint density at radius 2 is 1.88 bits per heavy atom. The number of aliphatic hydroxyl groups excluding tert-OH is 1. The largest absolute Gasteiger partial charge is 0.409 e. The third-order valence-corrected chi connectivity index (χ3v) is 3.40. The lowest BCUT2D eigenvalue weighted by Crippen LogP contribution is -2.48. The molecule has 0 fully saturated rings. The zero-order valence-electron chi connectivity index (χ0n) is 11.6. The van der Waals surface area contributed by atoms with Crippen molar-refractivity contribution < 1.29 is 10.3 Å². The molecule has 0 aromatic heterocycles. The van der Waals surface area contributed by atoms with Crippen LogP contribution in [0.4, 0.5) is 0 Å². The van der Waals surface area contributed by atoms with Gasteiger partial charge in [0.05, 0.1) is 6.10 Å². The SMILES string of the molecule is CC(O)C(C)(C)NCCCC(C)(C)C(N)=NO. The molecule has 5 N–H and O–H groups in total. The van der Waals surface area contributed by atoms with E-state index in [9.17, 15) is 5.11 Å². The van der Waals surface area contributed by atoms with E-state index < -0.39 is 6.10 Å². The number of rotatable bonds is 7. The Morgan fingerprint density at radius 3 is 2.29 bits per heavy atom. The molecule has 0 heterocycles. The molecule has 0 aromatic carbocycles. The number of hydrogen-bond donors (Lipinski definition) is 4. The fourth-order valence-electron chi connectivity index (χ4n) is 1.35. The second-order valence-corrected chi connectivity index (χ2v) is 5.80. The first-order chi connectivity index (χ1) is 7.63. The van der Waals surface area contributed by atoms with E-state index >= 15 is 0 Å². The summed E-state index contributed by atoms with van der Waals surface area (Å²) in [6.45, 7) is 10.4. The Kier molecular flexibility index (Phi) is 5.92. The zero-order valence-corrected chi connectivity index (χ0v) is 11.6. The van der Waals surface area contributed by atoms with Crippen LogP contribution in [0.2, 0.25) is 0 Å². The van der Waals surface area contributed by atoms with Gasteiger partial charge in [0.1, 0.15) is 5.84 Å². The van der Waals surface area contributed by atoms with Gasteiger partial charge in [-0.25, -0.2) is 0 Å². The number of amidine groups is 1. The molecule has 0 amide bonds. The quantitative estimate of drug-likeness (QED) is 0.179. The van der Waals surface area contributed by atoms with Crippen molar-refractivity contribution in [3.63, 3.8) is 0 Å². The summed E-state index contributed by atoms with van der Waals surface area (Å²) in [7, 11) is 0. The first-order valence-electron chi connectivity index (χ1n) is 6.04. The molecule has 0 saturated heterocycles. The second kappa shape index (κ2) is 6.21. The van der Waals surface area contributed by atoms with Crippen LogP contribution in [0.1, 0.15) is 47.5 Å². The topological polar surface area (TPSA) is 90.9 Å². The predicted molar refractivity (Wildman–Crippen MR) is 70.2 cm³/mol. The van der Waals surface area contributed by atoms with Crippen LogP contribution >= 0.6 is 0 Å². The maximum atomic E-state index is 9.53. The number of aliphatic hydroxyl groups is 1. The lowest BCUT2D eigenvalue weighted by molar-refractivity contribution is 0.0963. The van der Waals surface area contributed by atoms with Gasteiger partial charge in [0.15, 0.2) is 0 Å². The Balaban J connectivity index is 4.02. The Hall–Kier alpha value is -0.810. The molecule has 0 aliphatic rings. The van der Waals surface area contributed by atoms with Crippen LogP contribution in [0, 0.1) is 5.41 Å². The van der Waals surface area contributed by atoms with Crippen LogP contribution < -0.4 is 11.1 Å². The van der Waals surface area contributed by atoms with E-state index in [1.165, 1.54) is 0 Å². The molecule has 1 unspecified atom stereocenters. The molecular weight excluding hydrogens is 218 g/mol. The van der Waals surface area contributed by atoms with E-state index in [2.05, 4.69) is 10.5 Å². The summed E-state index contributed by atoms with van der Waals surface area (Å²) in [6, 6.07) is 0. The molecule has 102 valence electrons. The van der Waals surface area contributed by atoms with Gasteiger partial charge in [0.2, 0.25) is 0 Å². The van der Waals surface area contributed by atoms with Crippen molar-refractivity contribution in [1.82, 2.24) is 5.32 Å². The minimum atomic E-state index is -0.403. The third kappa shape index (κ3) is 5.37. The highest BCUT2D eigenvalue weighted by atomic mass is 16.4. The summed E-state index contributed by atoms with van der Waals surface area (Å²) >= 11 is 0. The highest BCUT2D eigenvalue weighted by molar-refractivity contribution is 5.85. The van der Waals surface area contributed by atoms with Crippen LogP contribution in [0.15, 0.2) is 5.16 Å². The van der Waals surface area contributed by atoms with Crippen LogP contribution in [-0.4, -0.2) is 34.3 Å². The highest BCUT2D eigenvalue weighted by Crippen LogP contribution is 2.22. The van der Waals surface area contributed by atoms with Gasteiger partial charge >= 0.3 is 0 Å². The zero-order chi connectivity index (χ0) is 13.7. The van der Waals surface area contributed by atoms with E-state index in [-0.39, 0.29) is 16.8 Å². The number of oxime groups is 1. The van der Waals surface area contributed by atoms with Crippen molar-refractivity contribution in [2.24, 2.45) is 16.3 Å². The Morgan fingerprint density at radius 1 is 1.35 bits per heavy atom. The van der Waals surface area contributed by atoms with Crippen LogP contribution in [0.25, 0.3) is 0 Å². The minimum absolute atomic E-state index is 0.257. The van der Waals surface area contributed by atoms with E-state index in [0.29, 0.717) is 0 Å².